The molecule has 2 unspecified atom stereocenters. The molecule has 9 rings (SSSR count). The minimum absolute atomic E-state index is 0.536. The number of unbranched alkanes of at least 4 members (excludes halogenated alkanes) is 2. The van der Waals surface area contributed by atoms with E-state index in [9.17, 15) is 0 Å². The Bertz CT molecular complexity index is 2230. The van der Waals surface area contributed by atoms with Gasteiger partial charge in [-0.05, 0) is 57.3 Å². The second kappa shape index (κ2) is 13.0. The lowest BCUT2D eigenvalue weighted by molar-refractivity contribution is 0.235. The van der Waals surface area contributed by atoms with Gasteiger partial charge in [0.2, 0.25) is 0 Å². The van der Waals surface area contributed by atoms with Crippen LogP contribution in [0.1, 0.15) is 79.1 Å². The van der Waals surface area contributed by atoms with Crippen LogP contribution >= 0.6 is 22.7 Å². The summed E-state index contributed by atoms with van der Waals surface area (Å²) in [5.74, 6) is 3.21. The Morgan fingerprint density at radius 2 is 0.900 bits per heavy atom. The molecule has 0 aliphatic heterocycles. The van der Waals surface area contributed by atoms with E-state index in [-0.39, 0.29) is 0 Å². The smallest absolute Gasteiger partial charge is 0.146 e. The predicted molar refractivity (Wildman–Crippen MR) is 219 cm³/mol. The molecule has 0 saturated heterocycles. The normalized spacial score (nSPS) is 13.8. The first-order chi connectivity index (χ1) is 24.7. The zero-order valence-electron chi connectivity index (χ0n) is 29.8. The van der Waals surface area contributed by atoms with Crippen LogP contribution in [0.5, 0.6) is 11.5 Å². The van der Waals surface area contributed by atoms with Gasteiger partial charge in [0.25, 0.3) is 0 Å². The molecule has 2 aromatic heterocycles. The topological polar surface area (TPSA) is 18.5 Å². The van der Waals surface area contributed by atoms with E-state index in [1.54, 1.807) is 0 Å². The van der Waals surface area contributed by atoms with E-state index in [2.05, 4.69) is 100 Å². The lowest BCUT2D eigenvalue weighted by Gasteiger charge is -2.21. The first-order valence-corrected chi connectivity index (χ1v) is 20.7. The summed E-state index contributed by atoms with van der Waals surface area (Å²) in [5.41, 5.74) is 8.05. The van der Waals surface area contributed by atoms with Gasteiger partial charge in [0.15, 0.2) is 0 Å². The van der Waals surface area contributed by atoms with Gasteiger partial charge in [-0.1, -0.05) is 139 Å². The minimum atomic E-state index is 0.536. The molecule has 0 spiro atoms. The summed E-state index contributed by atoms with van der Waals surface area (Å²) in [7, 11) is 0. The van der Waals surface area contributed by atoms with E-state index in [1.165, 1.54) is 123 Å². The van der Waals surface area contributed by atoms with E-state index in [1.807, 2.05) is 22.7 Å². The standard InChI is InChI=1S/C46H46O2S2/c1-5-9-15-27(7-3)25-47-41-39-37-31-21-11-17-29-19-13-23-33(35(29)31)43(37)50-46(39)42(48-26-28(8-4)16-10-6-2)40-38-32-22-12-18-30-20-14-24-34(36(30)32)44(38)49-45(40)41/h11-14,17-24,27-28H,5-10,15-16,25-26H2,1-4H3. The minimum Gasteiger partial charge on any atom is -0.491 e. The molecule has 7 aromatic rings. The number of ether oxygens (including phenoxy) is 2. The molecular formula is C46H46O2S2. The highest BCUT2D eigenvalue weighted by Gasteiger charge is 2.36. The molecular weight excluding hydrogens is 649 g/mol. The van der Waals surface area contributed by atoms with Gasteiger partial charge in [-0.3, -0.25) is 0 Å². The number of thiophene rings is 2. The number of benzene rings is 5. The Morgan fingerprint density at radius 3 is 1.28 bits per heavy atom. The third kappa shape index (κ3) is 4.85. The van der Waals surface area contributed by atoms with Gasteiger partial charge < -0.3 is 9.47 Å². The Kier molecular flexibility index (Phi) is 8.36. The van der Waals surface area contributed by atoms with Crippen LogP contribution in [-0.4, -0.2) is 13.2 Å². The van der Waals surface area contributed by atoms with Crippen LogP contribution in [0, 0.1) is 11.8 Å². The highest BCUT2D eigenvalue weighted by molar-refractivity contribution is 7.26. The Labute approximate surface area is 304 Å². The van der Waals surface area contributed by atoms with Crippen molar-refractivity contribution in [1.82, 2.24) is 0 Å². The van der Waals surface area contributed by atoms with Crippen molar-refractivity contribution in [1.29, 1.82) is 0 Å². The largest absolute Gasteiger partial charge is 0.491 e. The molecule has 50 heavy (non-hydrogen) atoms. The monoisotopic (exact) mass is 694 g/mol. The number of rotatable bonds is 14. The molecule has 2 aliphatic carbocycles. The van der Waals surface area contributed by atoms with Crippen molar-refractivity contribution in [3.8, 4) is 54.6 Å². The molecule has 0 amide bonds. The lowest BCUT2D eigenvalue weighted by atomic mass is 9.97. The summed E-state index contributed by atoms with van der Waals surface area (Å²) in [4.78, 5) is 2.72. The summed E-state index contributed by atoms with van der Waals surface area (Å²) >= 11 is 3.86. The van der Waals surface area contributed by atoms with Crippen molar-refractivity contribution in [3.05, 3.63) is 72.8 Å². The second-order valence-corrected chi connectivity index (χ2v) is 16.6. The highest BCUT2D eigenvalue weighted by Crippen LogP contribution is 2.64. The maximum atomic E-state index is 7.28. The lowest BCUT2D eigenvalue weighted by Crippen LogP contribution is -2.13. The molecule has 2 nitrogen and oxygen atoms in total. The summed E-state index contributed by atoms with van der Waals surface area (Å²) in [5, 5.41) is 7.89. The zero-order valence-corrected chi connectivity index (χ0v) is 31.4. The molecule has 0 N–H and O–H groups in total. The van der Waals surface area contributed by atoms with Crippen LogP contribution in [0.4, 0.5) is 0 Å². The molecule has 2 atom stereocenters. The molecule has 0 fully saturated rings. The predicted octanol–water partition coefficient (Wildman–Crippen LogP) is 14.9. The maximum absolute atomic E-state index is 7.28. The van der Waals surface area contributed by atoms with Crippen LogP contribution in [0.3, 0.4) is 0 Å². The van der Waals surface area contributed by atoms with Crippen molar-refractivity contribution in [2.24, 2.45) is 11.8 Å². The molecule has 0 bridgehead atoms. The number of fused-ring (bicyclic) bond motifs is 10. The van der Waals surface area contributed by atoms with Gasteiger partial charge in [0.1, 0.15) is 11.5 Å². The van der Waals surface area contributed by atoms with Gasteiger partial charge in [0.05, 0.1) is 22.6 Å². The second-order valence-electron chi connectivity index (χ2n) is 14.6. The Morgan fingerprint density at radius 1 is 0.500 bits per heavy atom. The third-order valence-corrected chi connectivity index (χ3v) is 14.0. The van der Waals surface area contributed by atoms with Gasteiger partial charge in [-0.2, -0.15) is 0 Å². The molecule has 2 aliphatic rings. The third-order valence-electron chi connectivity index (χ3n) is 11.5. The number of hydrogen-bond acceptors (Lipinski definition) is 4. The molecule has 5 aromatic carbocycles. The number of hydrogen-bond donors (Lipinski definition) is 0. The average molecular weight is 695 g/mol. The first kappa shape index (κ1) is 32.1. The molecule has 254 valence electrons. The van der Waals surface area contributed by atoms with Crippen LogP contribution in [0.25, 0.3) is 84.9 Å². The van der Waals surface area contributed by atoms with Crippen LogP contribution in [0.15, 0.2) is 72.8 Å². The van der Waals surface area contributed by atoms with Crippen molar-refractivity contribution >= 4 is 64.4 Å². The Hall–Kier alpha value is -3.86. The van der Waals surface area contributed by atoms with Crippen molar-refractivity contribution in [2.75, 3.05) is 13.2 Å². The summed E-state index contributed by atoms with van der Waals surface area (Å²) in [6.07, 6.45) is 9.61. The van der Waals surface area contributed by atoms with E-state index in [0.29, 0.717) is 11.8 Å². The highest BCUT2D eigenvalue weighted by atomic mass is 32.1. The average Bonchev–Trinajstić information content (AvgIpc) is 3.89. The van der Waals surface area contributed by atoms with Crippen LogP contribution in [-0.2, 0) is 0 Å². The maximum Gasteiger partial charge on any atom is 0.146 e. The van der Waals surface area contributed by atoms with E-state index < -0.39 is 0 Å². The summed E-state index contributed by atoms with van der Waals surface area (Å²) in [6, 6.07) is 27.2. The van der Waals surface area contributed by atoms with Gasteiger partial charge >= 0.3 is 0 Å². The van der Waals surface area contributed by atoms with E-state index in [0.717, 1.165) is 37.6 Å². The molecule has 2 heterocycles. The first-order valence-electron chi connectivity index (χ1n) is 19.1. The SMILES string of the molecule is CCCCC(CC)COc1c2sc3c(c2c(OCC(CC)CCCC)c2sc4c(c12)-c1cccc2cccc-4c12)-c1cccc2cccc-3c12. The Balaban J connectivity index is 1.34. The quantitative estimate of drug-likeness (QED) is 0.113. The molecule has 0 radical (unpaired) electrons. The van der Waals surface area contributed by atoms with Crippen molar-refractivity contribution in [2.45, 2.75) is 79.1 Å². The van der Waals surface area contributed by atoms with Gasteiger partial charge in [-0.15, -0.1) is 22.7 Å². The zero-order chi connectivity index (χ0) is 33.9. The van der Waals surface area contributed by atoms with Gasteiger partial charge in [-0.25, -0.2) is 0 Å². The summed E-state index contributed by atoms with van der Waals surface area (Å²) in [6.45, 7) is 10.7. The van der Waals surface area contributed by atoms with E-state index in [4.69, 9.17) is 9.47 Å². The molecule has 0 saturated carbocycles. The van der Waals surface area contributed by atoms with E-state index >= 15 is 0 Å². The van der Waals surface area contributed by atoms with Crippen molar-refractivity contribution in [3.63, 3.8) is 0 Å². The van der Waals surface area contributed by atoms with Crippen LogP contribution in [0.2, 0.25) is 0 Å². The fourth-order valence-electron chi connectivity index (χ4n) is 8.69. The fourth-order valence-corrected chi connectivity index (χ4v) is 11.4. The molecule has 4 heteroatoms. The summed E-state index contributed by atoms with van der Waals surface area (Å²) < 4.78 is 17.1. The fraction of sp³-hybridized carbons (Fsp3) is 0.348. The van der Waals surface area contributed by atoms with Gasteiger partial charge in [0, 0.05) is 42.8 Å². The van der Waals surface area contributed by atoms with Crippen LogP contribution < -0.4 is 9.47 Å². The van der Waals surface area contributed by atoms with Crippen molar-refractivity contribution < 1.29 is 9.47 Å².